The Morgan fingerprint density at radius 3 is 2.31 bits per heavy atom. The summed E-state index contributed by atoms with van der Waals surface area (Å²) < 4.78 is 0. The molecule has 0 aromatic rings. The largest absolute Gasteiger partial charge is 0.396 e. The molecule has 0 spiro atoms. The quantitative estimate of drug-likeness (QED) is 0.653. The number of rotatable bonds is 7. The molecule has 96 valence electrons. The maximum Gasteiger partial charge on any atom is 0.0431 e. The zero-order valence-corrected chi connectivity index (χ0v) is 10.7. The van der Waals surface area contributed by atoms with Crippen LogP contribution in [0, 0.1) is 0 Å². The third-order valence-electron chi connectivity index (χ3n) is 3.78. The fourth-order valence-corrected chi connectivity index (χ4v) is 2.55. The van der Waals surface area contributed by atoms with Crippen LogP contribution < -0.4 is 5.73 Å². The van der Waals surface area contributed by atoms with Crippen molar-refractivity contribution in [1.29, 1.82) is 0 Å². The van der Waals surface area contributed by atoms with Crippen LogP contribution in [-0.2, 0) is 0 Å². The smallest absolute Gasteiger partial charge is 0.0431 e. The van der Waals surface area contributed by atoms with E-state index in [0.717, 1.165) is 12.5 Å². The van der Waals surface area contributed by atoms with Crippen LogP contribution in [0.3, 0.4) is 0 Å². The second-order valence-electron chi connectivity index (χ2n) is 5.19. The van der Waals surface area contributed by atoms with Gasteiger partial charge in [0, 0.05) is 18.7 Å². The van der Waals surface area contributed by atoms with E-state index in [1.807, 2.05) is 0 Å². The highest BCUT2D eigenvalue weighted by Crippen LogP contribution is 2.21. The molecule has 0 saturated heterocycles. The standard InChI is InChI=1S/C13H28N2O/c1-15(10-4-2-3-5-11-16)13-8-6-12(14)7-9-13/h12-13,16H,2-11,14H2,1H3. The molecule has 0 aromatic heterocycles. The van der Waals surface area contributed by atoms with E-state index in [2.05, 4.69) is 11.9 Å². The lowest BCUT2D eigenvalue weighted by atomic mass is 9.91. The Labute approximate surface area is 100 Å². The van der Waals surface area contributed by atoms with Gasteiger partial charge in [0.1, 0.15) is 0 Å². The lowest BCUT2D eigenvalue weighted by molar-refractivity contribution is 0.179. The second-order valence-corrected chi connectivity index (χ2v) is 5.19. The van der Waals surface area contributed by atoms with Crippen molar-refractivity contribution in [2.45, 2.75) is 63.5 Å². The molecule has 3 N–H and O–H groups in total. The molecule has 1 aliphatic carbocycles. The summed E-state index contributed by atoms with van der Waals surface area (Å²) in [6.07, 6.45) is 9.57. The van der Waals surface area contributed by atoms with E-state index in [9.17, 15) is 0 Å². The van der Waals surface area contributed by atoms with Crippen LogP contribution >= 0.6 is 0 Å². The van der Waals surface area contributed by atoms with Gasteiger partial charge in [-0.05, 0) is 52.1 Å². The maximum atomic E-state index is 8.68. The van der Waals surface area contributed by atoms with Crippen LogP contribution in [0.1, 0.15) is 51.4 Å². The van der Waals surface area contributed by atoms with E-state index in [-0.39, 0.29) is 0 Å². The molecule has 0 heterocycles. The lowest BCUT2D eigenvalue weighted by Gasteiger charge is -2.33. The predicted octanol–water partition coefficient (Wildman–Crippen LogP) is 1.74. The molecule has 0 aromatic carbocycles. The number of hydrogen-bond acceptors (Lipinski definition) is 3. The van der Waals surface area contributed by atoms with Crippen molar-refractivity contribution in [3.8, 4) is 0 Å². The van der Waals surface area contributed by atoms with Gasteiger partial charge in [0.15, 0.2) is 0 Å². The summed E-state index contributed by atoms with van der Waals surface area (Å²) in [7, 11) is 2.24. The van der Waals surface area contributed by atoms with Gasteiger partial charge < -0.3 is 15.7 Å². The number of nitrogens with two attached hydrogens (primary N) is 1. The SMILES string of the molecule is CN(CCCCCCO)C1CCC(N)CC1. The Morgan fingerprint density at radius 1 is 1.06 bits per heavy atom. The summed E-state index contributed by atoms with van der Waals surface area (Å²) in [6.45, 7) is 1.54. The lowest BCUT2D eigenvalue weighted by Crippen LogP contribution is -2.39. The summed E-state index contributed by atoms with van der Waals surface area (Å²) in [5.74, 6) is 0. The van der Waals surface area contributed by atoms with Crippen LogP contribution in [0.15, 0.2) is 0 Å². The first kappa shape index (κ1) is 13.9. The zero-order valence-electron chi connectivity index (χ0n) is 10.7. The topological polar surface area (TPSA) is 49.5 Å². The van der Waals surface area contributed by atoms with Gasteiger partial charge in [-0.3, -0.25) is 0 Å². The summed E-state index contributed by atoms with van der Waals surface area (Å²) in [5.41, 5.74) is 5.91. The highest BCUT2D eigenvalue weighted by molar-refractivity contribution is 4.79. The van der Waals surface area contributed by atoms with Gasteiger partial charge in [-0.15, -0.1) is 0 Å². The Morgan fingerprint density at radius 2 is 1.69 bits per heavy atom. The van der Waals surface area contributed by atoms with Gasteiger partial charge in [-0.2, -0.15) is 0 Å². The summed E-state index contributed by atoms with van der Waals surface area (Å²) in [4.78, 5) is 2.50. The van der Waals surface area contributed by atoms with Gasteiger partial charge in [0.25, 0.3) is 0 Å². The third-order valence-corrected chi connectivity index (χ3v) is 3.78. The molecule has 0 atom stereocenters. The normalized spacial score (nSPS) is 26.2. The fraction of sp³-hybridized carbons (Fsp3) is 1.00. The second kappa shape index (κ2) is 8.04. The average molecular weight is 228 g/mol. The highest BCUT2D eigenvalue weighted by Gasteiger charge is 2.21. The predicted molar refractivity (Wildman–Crippen MR) is 68.4 cm³/mol. The first-order chi connectivity index (χ1) is 7.74. The Kier molecular flexibility index (Phi) is 7.01. The van der Waals surface area contributed by atoms with Crippen molar-refractivity contribution >= 4 is 0 Å². The molecule has 0 amide bonds. The third kappa shape index (κ3) is 5.28. The molecule has 3 nitrogen and oxygen atoms in total. The van der Waals surface area contributed by atoms with Crippen LogP contribution in [0.5, 0.6) is 0 Å². The van der Waals surface area contributed by atoms with Gasteiger partial charge in [-0.1, -0.05) is 12.8 Å². The zero-order chi connectivity index (χ0) is 11.8. The minimum atomic E-state index is 0.344. The summed E-state index contributed by atoms with van der Waals surface area (Å²) in [6, 6.07) is 1.21. The monoisotopic (exact) mass is 228 g/mol. The van der Waals surface area contributed by atoms with Crippen LogP contribution in [0.4, 0.5) is 0 Å². The van der Waals surface area contributed by atoms with E-state index < -0.39 is 0 Å². The van der Waals surface area contributed by atoms with E-state index in [1.54, 1.807) is 0 Å². The molecule has 1 rings (SSSR count). The number of aliphatic hydroxyl groups excluding tert-OH is 1. The Hall–Kier alpha value is -0.120. The first-order valence-electron chi connectivity index (χ1n) is 6.80. The van der Waals surface area contributed by atoms with Crippen molar-refractivity contribution in [2.24, 2.45) is 5.73 Å². The van der Waals surface area contributed by atoms with Crippen molar-refractivity contribution in [3.05, 3.63) is 0 Å². The molecule has 0 aliphatic heterocycles. The van der Waals surface area contributed by atoms with Gasteiger partial charge >= 0.3 is 0 Å². The van der Waals surface area contributed by atoms with E-state index >= 15 is 0 Å². The number of unbranched alkanes of at least 4 members (excludes halogenated alkanes) is 3. The molecule has 0 radical (unpaired) electrons. The van der Waals surface area contributed by atoms with E-state index in [1.165, 1.54) is 51.5 Å². The van der Waals surface area contributed by atoms with Crippen LogP contribution in [0.2, 0.25) is 0 Å². The number of nitrogens with zero attached hydrogens (tertiary/aromatic N) is 1. The minimum Gasteiger partial charge on any atom is -0.396 e. The summed E-state index contributed by atoms with van der Waals surface area (Å²) in [5, 5.41) is 8.68. The van der Waals surface area contributed by atoms with Crippen molar-refractivity contribution < 1.29 is 5.11 Å². The van der Waals surface area contributed by atoms with Gasteiger partial charge in [0.2, 0.25) is 0 Å². The van der Waals surface area contributed by atoms with Crippen LogP contribution in [0.25, 0.3) is 0 Å². The average Bonchev–Trinajstić information content (AvgIpc) is 2.29. The maximum absolute atomic E-state index is 8.68. The molecular weight excluding hydrogens is 200 g/mol. The van der Waals surface area contributed by atoms with Crippen molar-refractivity contribution in [2.75, 3.05) is 20.2 Å². The molecule has 1 aliphatic rings. The molecule has 16 heavy (non-hydrogen) atoms. The van der Waals surface area contributed by atoms with E-state index in [0.29, 0.717) is 12.6 Å². The molecule has 3 heteroatoms. The fourth-order valence-electron chi connectivity index (χ4n) is 2.55. The van der Waals surface area contributed by atoms with E-state index in [4.69, 9.17) is 10.8 Å². The molecule has 1 saturated carbocycles. The van der Waals surface area contributed by atoms with Gasteiger partial charge in [0.05, 0.1) is 0 Å². The Balaban J connectivity index is 2.03. The highest BCUT2D eigenvalue weighted by atomic mass is 16.2. The molecule has 0 unspecified atom stereocenters. The van der Waals surface area contributed by atoms with Crippen molar-refractivity contribution in [1.82, 2.24) is 4.90 Å². The number of aliphatic hydroxyl groups is 1. The Bertz CT molecular complexity index is 167. The minimum absolute atomic E-state index is 0.344. The van der Waals surface area contributed by atoms with Crippen molar-refractivity contribution in [3.63, 3.8) is 0 Å². The molecular formula is C13H28N2O. The van der Waals surface area contributed by atoms with Gasteiger partial charge in [-0.25, -0.2) is 0 Å². The van der Waals surface area contributed by atoms with Crippen LogP contribution in [-0.4, -0.2) is 42.3 Å². The summed E-state index contributed by atoms with van der Waals surface area (Å²) >= 11 is 0. The molecule has 1 fully saturated rings. The number of hydrogen-bond donors (Lipinski definition) is 2. The first-order valence-corrected chi connectivity index (χ1v) is 6.80. The molecule has 0 bridgehead atoms.